The first kappa shape index (κ1) is 14.8. The number of hydrogen-bond acceptors (Lipinski definition) is 2. The lowest BCUT2D eigenvalue weighted by Crippen LogP contribution is -2.39. The van der Waals surface area contributed by atoms with Crippen molar-refractivity contribution in [1.82, 2.24) is 0 Å². The predicted molar refractivity (Wildman–Crippen MR) is 77.8 cm³/mol. The molecule has 16 heavy (non-hydrogen) atoms. The average molecular weight is 266 g/mol. The monoisotopic (exact) mass is 266 g/mol. The lowest BCUT2D eigenvalue weighted by molar-refractivity contribution is 0.243. The maximum absolute atomic E-state index is 10.5. The minimum atomic E-state index is -1.27. The number of hydrogen-bond donors (Lipinski definition) is 2. The average Bonchev–Trinajstić information content (AvgIpc) is 2.31. The van der Waals surface area contributed by atoms with E-state index in [9.17, 15) is 10.2 Å². The molecule has 0 spiro atoms. The van der Waals surface area contributed by atoms with Crippen molar-refractivity contribution < 1.29 is 10.2 Å². The van der Waals surface area contributed by atoms with Gasteiger partial charge in [0.1, 0.15) is 12.3 Å². The third-order valence-electron chi connectivity index (χ3n) is 4.84. The minimum absolute atomic E-state index is 0.0841. The van der Waals surface area contributed by atoms with Gasteiger partial charge in [-0.1, -0.05) is 0 Å². The lowest BCUT2D eigenvalue weighted by Gasteiger charge is -2.42. The first-order chi connectivity index (χ1) is 7.50. The molecule has 1 aliphatic heterocycles. The summed E-state index contributed by atoms with van der Waals surface area (Å²) in [6.07, 6.45) is 6.22. The smallest absolute Gasteiger partial charge is 0.198 e. The van der Waals surface area contributed by atoms with E-state index in [1.165, 1.54) is 0 Å². The highest BCUT2D eigenvalue weighted by Gasteiger charge is 2.60. The maximum Gasteiger partial charge on any atom is 0.198 e. The van der Waals surface area contributed by atoms with Crippen LogP contribution in [0.5, 0.6) is 0 Å². The summed E-state index contributed by atoms with van der Waals surface area (Å²) in [5, 5.41) is 21.0. The van der Waals surface area contributed by atoms with Crippen molar-refractivity contribution in [3.63, 3.8) is 0 Å². The molecule has 0 saturated carbocycles. The van der Waals surface area contributed by atoms with E-state index in [1.807, 2.05) is 0 Å². The van der Waals surface area contributed by atoms with Gasteiger partial charge < -0.3 is 10.2 Å². The van der Waals surface area contributed by atoms with E-state index in [2.05, 4.69) is 27.7 Å². The molecule has 1 aliphatic rings. The van der Waals surface area contributed by atoms with Crippen molar-refractivity contribution in [1.29, 1.82) is 0 Å². The molecule has 0 aromatic heterocycles. The molecular weight excluding hydrogens is 238 g/mol. The molecule has 1 saturated heterocycles. The molecule has 2 nitrogen and oxygen atoms in total. The summed E-state index contributed by atoms with van der Waals surface area (Å²) < 4.78 is 0. The predicted octanol–water partition coefficient (Wildman–Crippen LogP) is 2.75. The zero-order valence-corrected chi connectivity index (χ0v) is 13.0. The molecule has 0 bridgehead atoms. The van der Waals surface area contributed by atoms with Gasteiger partial charge in [0.25, 0.3) is 0 Å². The Balaban J connectivity index is 2.92. The van der Waals surface area contributed by atoms with Gasteiger partial charge in [0.2, 0.25) is 0 Å². The first-order valence-electron chi connectivity index (χ1n) is 6.58. The fourth-order valence-electron chi connectivity index (χ4n) is 3.05. The number of aliphatic hydroxyl groups is 2. The van der Waals surface area contributed by atoms with E-state index in [0.29, 0.717) is 0 Å². The largest absolute Gasteiger partial charge is 0.356 e. The van der Waals surface area contributed by atoms with E-state index in [1.54, 1.807) is 0 Å². The molecule has 1 heterocycles. The Morgan fingerprint density at radius 2 is 1.00 bits per heavy atom. The van der Waals surface area contributed by atoms with E-state index in [0.717, 1.165) is 37.0 Å². The summed E-state index contributed by atoms with van der Waals surface area (Å²) in [5.74, 6) is -0.168. The van der Waals surface area contributed by atoms with Crippen LogP contribution in [-0.4, -0.2) is 58.9 Å². The normalized spacial score (nSPS) is 32.6. The molecule has 96 valence electrons. The van der Waals surface area contributed by atoms with Crippen molar-refractivity contribution in [2.24, 2.45) is 0 Å². The maximum atomic E-state index is 10.5. The Bertz CT molecular complexity index is 201. The second-order valence-corrected chi connectivity index (χ2v) is 14.4. The molecule has 0 radical (unpaired) electrons. The summed E-state index contributed by atoms with van der Waals surface area (Å²) in [7, 11) is -2.54. The fourth-order valence-corrected chi connectivity index (χ4v) is 13.2. The highest BCUT2D eigenvalue weighted by Crippen LogP contribution is 2.76. The molecule has 0 aliphatic carbocycles. The van der Waals surface area contributed by atoms with Crippen LogP contribution >= 0.6 is 14.5 Å². The topological polar surface area (TPSA) is 40.5 Å². The minimum Gasteiger partial charge on any atom is -0.356 e. The van der Waals surface area contributed by atoms with Crippen molar-refractivity contribution in [2.45, 2.75) is 39.4 Å². The van der Waals surface area contributed by atoms with Crippen LogP contribution in [0.1, 0.15) is 27.7 Å². The summed E-state index contributed by atoms with van der Waals surface area (Å²) in [6, 6.07) is 0. The van der Waals surface area contributed by atoms with E-state index < -0.39 is 14.5 Å². The van der Waals surface area contributed by atoms with Crippen molar-refractivity contribution in [3.05, 3.63) is 0 Å². The van der Waals surface area contributed by atoms with Crippen LogP contribution in [0.4, 0.5) is 0 Å². The molecule has 4 heteroatoms. The Morgan fingerprint density at radius 3 is 1.19 bits per heavy atom. The zero-order valence-electron chi connectivity index (χ0n) is 11.2. The third kappa shape index (κ3) is 2.32. The SMILES string of the molecule is CC[P+]1(CC)C[C@H](O)[P+](CC)(CC)C[C@@H]1O. The Labute approximate surface area is 102 Å². The van der Waals surface area contributed by atoms with Crippen molar-refractivity contribution in [3.8, 4) is 0 Å². The molecule has 0 aromatic carbocycles. The van der Waals surface area contributed by atoms with Crippen LogP contribution in [0.15, 0.2) is 0 Å². The molecule has 0 aromatic rings. The van der Waals surface area contributed by atoms with Gasteiger partial charge in [-0.2, -0.15) is 0 Å². The van der Waals surface area contributed by atoms with Crippen molar-refractivity contribution in [2.75, 3.05) is 37.0 Å². The molecular formula is C12H28O2P2+2. The zero-order chi connectivity index (χ0) is 12.4. The molecule has 1 fully saturated rings. The Kier molecular flexibility index (Phi) is 5.21. The molecule has 2 N–H and O–H groups in total. The first-order valence-corrected chi connectivity index (χ1v) is 11.4. The Hall–Kier alpha value is 0.780. The van der Waals surface area contributed by atoms with Gasteiger partial charge in [-0.05, 0) is 27.7 Å². The van der Waals surface area contributed by atoms with Crippen LogP contribution in [0, 0.1) is 0 Å². The van der Waals surface area contributed by atoms with Crippen LogP contribution in [0.3, 0.4) is 0 Å². The van der Waals surface area contributed by atoms with E-state index in [-0.39, 0.29) is 11.7 Å². The quantitative estimate of drug-likeness (QED) is 0.768. The Morgan fingerprint density at radius 1 is 0.750 bits per heavy atom. The number of rotatable bonds is 4. The third-order valence-corrected chi connectivity index (χ3v) is 15.5. The second kappa shape index (κ2) is 5.61. The van der Waals surface area contributed by atoms with Gasteiger partial charge in [0, 0.05) is 0 Å². The second-order valence-electron chi connectivity index (χ2n) is 5.03. The van der Waals surface area contributed by atoms with Gasteiger partial charge in [0.15, 0.2) is 11.7 Å². The molecule has 0 amide bonds. The summed E-state index contributed by atoms with van der Waals surface area (Å²) >= 11 is 0. The van der Waals surface area contributed by atoms with Gasteiger partial charge in [-0.15, -0.1) is 0 Å². The number of aliphatic hydroxyl groups excluding tert-OH is 2. The van der Waals surface area contributed by atoms with Gasteiger partial charge in [0.05, 0.1) is 39.2 Å². The highest BCUT2D eigenvalue weighted by atomic mass is 31.2. The summed E-state index contributed by atoms with van der Waals surface area (Å²) in [6.45, 7) is 8.76. The van der Waals surface area contributed by atoms with Gasteiger partial charge >= 0.3 is 0 Å². The highest BCUT2D eigenvalue weighted by molar-refractivity contribution is 7.83. The molecule has 0 unspecified atom stereocenters. The summed E-state index contributed by atoms with van der Waals surface area (Å²) in [4.78, 5) is 0. The van der Waals surface area contributed by atoms with Crippen LogP contribution in [0.2, 0.25) is 0 Å². The standard InChI is InChI=1S/C12H28O2P2/c1-5-15(6-2)9-12(14)16(7-3,8-4)10-11(15)13/h11-14H,5-10H2,1-4H3/q+2/t11-,12-/m1/s1. The summed E-state index contributed by atoms with van der Waals surface area (Å²) in [5.41, 5.74) is 0. The van der Waals surface area contributed by atoms with Crippen LogP contribution in [-0.2, 0) is 0 Å². The molecule has 2 atom stereocenters. The van der Waals surface area contributed by atoms with Gasteiger partial charge in [-0.25, -0.2) is 0 Å². The van der Waals surface area contributed by atoms with E-state index in [4.69, 9.17) is 0 Å². The van der Waals surface area contributed by atoms with E-state index >= 15 is 0 Å². The van der Waals surface area contributed by atoms with Crippen molar-refractivity contribution >= 4 is 14.5 Å². The van der Waals surface area contributed by atoms with Crippen LogP contribution in [0.25, 0.3) is 0 Å². The fraction of sp³-hybridized carbons (Fsp3) is 1.00. The molecule has 1 rings (SSSR count). The van der Waals surface area contributed by atoms with Crippen LogP contribution < -0.4 is 0 Å². The lowest BCUT2D eigenvalue weighted by atomic mass is 10.8. The van der Waals surface area contributed by atoms with Gasteiger partial charge in [-0.3, -0.25) is 0 Å².